The molecule has 0 atom stereocenters. The van der Waals surface area contributed by atoms with Gasteiger partial charge < -0.3 is 10.6 Å². The zero-order valence-electron chi connectivity index (χ0n) is 23.4. The Morgan fingerprint density at radius 3 is 2.50 bits per heavy atom. The number of carbonyl (C=O) groups is 2. The van der Waals surface area contributed by atoms with Crippen LogP contribution < -0.4 is 16.2 Å². The van der Waals surface area contributed by atoms with Crippen LogP contribution in [0.1, 0.15) is 34.4 Å². The van der Waals surface area contributed by atoms with Crippen LogP contribution in [0.25, 0.3) is 20.4 Å². The Balaban J connectivity index is 1.07. The summed E-state index contributed by atoms with van der Waals surface area (Å²) in [6, 6.07) is 11.5. The first-order chi connectivity index (χ1) is 20.3. The summed E-state index contributed by atoms with van der Waals surface area (Å²) in [6.45, 7) is 3.96. The van der Waals surface area contributed by atoms with Crippen molar-refractivity contribution in [2.45, 2.75) is 49.0 Å². The van der Waals surface area contributed by atoms with E-state index in [1.54, 1.807) is 23.0 Å². The molecule has 2 aromatic carbocycles. The van der Waals surface area contributed by atoms with E-state index in [2.05, 4.69) is 15.6 Å². The summed E-state index contributed by atoms with van der Waals surface area (Å²) in [6.07, 6.45) is 4.21. The smallest absolute Gasteiger partial charge is 0.262 e. The second kappa shape index (κ2) is 12.2. The van der Waals surface area contributed by atoms with Crippen LogP contribution in [0.2, 0.25) is 0 Å². The molecule has 42 heavy (non-hydrogen) atoms. The number of aryl methyl sites for hydroxylation is 4. The molecule has 3 aromatic heterocycles. The van der Waals surface area contributed by atoms with Crippen molar-refractivity contribution < 1.29 is 9.59 Å². The van der Waals surface area contributed by atoms with Gasteiger partial charge in [0.1, 0.15) is 4.83 Å². The van der Waals surface area contributed by atoms with Gasteiger partial charge in [0.05, 0.1) is 27.1 Å². The standard InChI is InChI=1S/C30H29N5O3S4/c1-16-7-6-8-17(2)26(16)33-24(37)15-40-30-32-20-12-11-18(13-22(20)42-30)31-23(36)14-39-29-34-27-25(28(38)35(29)3)19-9-4-5-10-21(19)41-27/h6-8,11-13H,4-5,9-10,14-15H2,1-3H3,(H,31,36)(H,33,37). The first-order valence-electron chi connectivity index (χ1n) is 13.6. The van der Waals surface area contributed by atoms with Crippen molar-refractivity contribution >= 4 is 89.8 Å². The van der Waals surface area contributed by atoms with Gasteiger partial charge in [-0.1, -0.05) is 41.7 Å². The van der Waals surface area contributed by atoms with Gasteiger partial charge in [-0.15, -0.1) is 22.7 Å². The Morgan fingerprint density at radius 2 is 1.69 bits per heavy atom. The van der Waals surface area contributed by atoms with Crippen molar-refractivity contribution in [3.8, 4) is 0 Å². The summed E-state index contributed by atoms with van der Waals surface area (Å²) in [7, 11) is 1.72. The van der Waals surface area contributed by atoms with E-state index in [1.165, 1.54) is 45.3 Å². The predicted octanol–water partition coefficient (Wildman–Crippen LogP) is 6.56. The summed E-state index contributed by atoms with van der Waals surface area (Å²) >= 11 is 5.76. The number of thioether (sulfide) groups is 2. The first-order valence-corrected chi connectivity index (χ1v) is 17.2. The van der Waals surface area contributed by atoms with Gasteiger partial charge in [-0.05, 0) is 74.4 Å². The molecule has 216 valence electrons. The third kappa shape index (κ3) is 5.98. The molecule has 2 N–H and O–H groups in total. The third-order valence-electron chi connectivity index (χ3n) is 7.21. The molecule has 8 nitrogen and oxygen atoms in total. The minimum atomic E-state index is -0.179. The molecule has 12 heteroatoms. The molecule has 0 unspecified atom stereocenters. The van der Waals surface area contributed by atoms with Gasteiger partial charge in [-0.3, -0.25) is 19.0 Å². The molecule has 2 amide bonds. The Kier molecular flexibility index (Phi) is 8.39. The number of rotatable bonds is 8. The van der Waals surface area contributed by atoms with Crippen LogP contribution in [0.3, 0.4) is 0 Å². The van der Waals surface area contributed by atoms with Gasteiger partial charge in [-0.25, -0.2) is 9.97 Å². The van der Waals surface area contributed by atoms with Crippen LogP contribution in [-0.4, -0.2) is 37.9 Å². The van der Waals surface area contributed by atoms with E-state index in [-0.39, 0.29) is 28.9 Å². The molecule has 0 saturated heterocycles. The second-order valence-electron chi connectivity index (χ2n) is 10.3. The van der Waals surface area contributed by atoms with Gasteiger partial charge in [0.2, 0.25) is 11.8 Å². The van der Waals surface area contributed by atoms with Crippen LogP contribution in [0.15, 0.2) is 50.7 Å². The molecule has 1 aliphatic rings. The van der Waals surface area contributed by atoms with E-state index in [9.17, 15) is 14.4 Å². The number of hydrogen-bond acceptors (Lipinski definition) is 9. The molecule has 0 fully saturated rings. The van der Waals surface area contributed by atoms with Gasteiger partial charge in [0, 0.05) is 23.3 Å². The lowest BCUT2D eigenvalue weighted by Crippen LogP contribution is -2.21. The highest BCUT2D eigenvalue weighted by Gasteiger charge is 2.21. The van der Waals surface area contributed by atoms with Crippen molar-refractivity contribution in [2.75, 3.05) is 22.1 Å². The van der Waals surface area contributed by atoms with Crippen LogP contribution in [0, 0.1) is 13.8 Å². The number of anilines is 2. The number of thiazole rings is 1. The monoisotopic (exact) mass is 635 g/mol. The lowest BCUT2D eigenvalue weighted by atomic mass is 9.97. The zero-order valence-corrected chi connectivity index (χ0v) is 26.7. The highest BCUT2D eigenvalue weighted by molar-refractivity contribution is 8.01. The summed E-state index contributed by atoms with van der Waals surface area (Å²) in [5.41, 5.74) is 5.54. The number of nitrogens with zero attached hydrogens (tertiary/aromatic N) is 3. The summed E-state index contributed by atoms with van der Waals surface area (Å²) in [5, 5.41) is 7.25. The van der Waals surface area contributed by atoms with E-state index >= 15 is 0 Å². The fourth-order valence-corrected chi connectivity index (χ4v) is 9.06. The summed E-state index contributed by atoms with van der Waals surface area (Å²) in [5.74, 6) is 0.132. The molecular weight excluding hydrogens is 607 g/mol. The first kappa shape index (κ1) is 28.9. The predicted molar refractivity (Wildman–Crippen MR) is 176 cm³/mol. The topological polar surface area (TPSA) is 106 Å². The molecule has 0 aliphatic heterocycles. The number of thiophene rings is 1. The van der Waals surface area contributed by atoms with E-state index in [0.29, 0.717) is 10.8 Å². The highest BCUT2D eigenvalue weighted by atomic mass is 32.2. The maximum atomic E-state index is 13.1. The molecule has 5 aromatic rings. The zero-order chi connectivity index (χ0) is 29.4. The Bertz CT molecular complexity index is 1890. The quantitative estimate of drug-likeness (QED) is 0.147. The number of hydrogen-bond donors (Lipinski definition) is 2. The van der Waals surface area contributed by atoms with Crippen molar-refractivity contribution in [1.29, 1.82) is 0 Å². The Morgan fingerprint density at radius 1 is 0.952 bits per heavy atom. The number of benzene rings is 2. The average molecular weight is 636 g/mol. The number of para-hydroxylation sites is 1. The van der Waals surface area contributed by atoms with Gasteiger partial charge >= 0.3 is 0 Å². The molecule has 3 heterocycles. The Hall–Kier alpha value is -3.19. The lowest BCUT2D eigenvalue weighted by Gasteiger charge is -2.11. The van der Waals surface area contributed by atoms with E-state index in [1.807, 2.05) is 50.2 Å². The van der Waals surface area contributed by atoms with Crippen LogP contribution in [0.4, 0.5) is 11.4 Å². The van der Waals surface area contributed by atoms with E-state index in [0.717, 1.165) is 67.3 Å². The van der Waals surface area contributed by atoms with Gasteiger partial charge in [-0.2, -0.15) is 0 Å². The minimum Gasteiger partial charge on any atom is -0.325 e. The van der Waals surface area contributed by atoms with Crippen LogP contribution >= 0.6 is 46.2 Å². The fourth-order valence-electron chi connectivity index (χ4n) is 5.08. The van der Waals surface area contributed by atoms with Crippen molar-refractivity contribution in [3.63, 3.8) is 0 Å². The number of carbonyl (C=O) groups excluding carboxylic acids is 2. The number of fused-ring (bicyclic) bond motifs is 4. The highest BCUT2D eigenvalue weighted by Crippen LogP contribution is 2.35. The summed E-state index contributed by atoms with van der Waals surface area (Å²) in [4.78, 5) is 50.0. The molecule has 0 spiro atoms. The van der Waals surface area contributed by atoms with Crippen LogP contribution in [0.5, 0.6) is 0 Å². The third-order valence-corrected chi connectivity index (χ3v) is 11.6. The molecular formula is C30H29N5O3S4. The normalized spacial score (nSPS) is 12.9. The lowest BCUT2D eigenvalue weighted by molar-refractivity contribution is -0.114. The SMILES string of the molecule is Cc1cccc(C)c1NC(=O)CSc1nc2ccc(NC(=O)CSc3nc4sc5c(c4c(=O)n3C)CCCC5)cc2s1. The number of aromatic nitrogens is 3. The molecule has 1 aliphatic carbocycles. The van der Waals surface area contributed by atoms with Crippen molar-refractivity contribution in [1.82, 2.24) is 14.5 Å². The van der Waals surface area contributed by atoms with Gasteiger partial charge in [0.15, 0.2) is 9.50 Å². The second-order valence-corrected chi connectivity index (χ2v) is 14.5. The average Bonchev–Trinajstić information content (AvgIpc) is 3.55. The number of nitrogens with one attached hydrogen (secondary N) is 2. The van der Waals surface area contributed by atoms with E-state index in [4.69, 9.17) is 4.98 Å². The van der Waals surface area contributed by atoms with Gasteiger partial charge in [0.25, 0.3) is 5.56 Å². The molecule has 6 rings (SSSR count). The van der Waals surface area contributed by atoms with Crippen molar-refractivity contribution in [3.05, 3.63) is 68.3 Å². The van der Waals surface area contributed by atoms with Crippen molar-refractivity contribution in [2.24, 2.45) is 7.05 Å². The maximum absolute atomic E-state index is 13.1. The molecule has 0 saturated carbocycles. The number of amides is 2. The summed E-state index contributed by atoms with van der Waals surface area (Å²) < 4.78 is 3.28. The van der Waals surface area contributed by atoms with Crippen LogP contribution in [-0.2, 0) is 29.5 Å². The van der Waals surface area contributed by atoms with E-state index < -0.39 is 0 Å². The maximum Gasteiger partial charge on any atom is 0.262 e. The fraction of sp³-hybridized carbons (Fsp3) is 0.300. The minimum absolute atomic E-state index is 0.0330. The largest absolute Gasteiger partial charge is 0.325 e. The molecule has 0 radical (unpaired) electrons. The Labute approximate surface area is 259 Å². The molecule has 0 bridgehead atoms.